The molecule has 2 heterocycles. The molecule has 1 aliphatic heterocycles. The Balaban J connectivity index is 1.84. The lowest BCUT2D eigenvalue weighted by molar-refractivity contribution is -0.124. The smallest absolute Gasteiger partial charge is 0.277 e. The maximum absolute atomic E-state index is 12.8. The summed E-state index contributed by atoms with van der Waals surface area (Å²) in [5.74, 6) is 0.421. The lowest BCUT2D eigenvalue weighted by Crippen LogP contribution is -2.46. The minimum atomic E-state index is -0.515. The molecule has 0 bridgehead atoms. The predicted octanol–water partition coefficient (Wildman–Crippen LogP) is 0.231. The summed E-state index contributed by atoms with van der Waals surface area (Å²) in [5, 5.41) is 6.74. The van der Waals surface area contributed by atoms with Gasteiger partial charge in [-0.15, -0.1) is 0 Å². The normalized spacial score (nSPS) is 24.2. The molecule has 0 unspecified atom stereocenters. The van der Waals surface area contributed by atoms with Gasteiger partial charge in [0.1, 0.15) is 11.8 Å². The minimum absolute atomic E-state index is 0.152. The van der Waals surface area contributed by atoms with E-state index in [2.05, 4.69) is 10.5 Å². The average molecular weight is 306 g/mol. The molecule has 1 fully saturated rings. The first-order valence-electron chi connectivity index (χ1n) is 7.93. The molecule has 3 rings (SSSR count). The van der Waals surface area contributed by atoms with Crippen molar-refractivity contribution in [3.8, 4) is 0 Å². The van der Waals surface area contributed by atoms with E-state index >= 15 is 0 Å². The zero-order valence-corrected chi connectivity index (χ0v) is 12.8. The Hall–Kier alpha value is -1.89. The highest BCUT2D eigenvalue weighted by atomic mass is 16.5. The number of fused-ring (bicyclic) bond motifs is 1. The molecular formula is C15H22N4O3. The molecule has 2 aliphatic rings. The van der Waals surface area contributed by atoms with Crippen LogP contribution < -0.4 is 11.1 Å². The summed E-state index contributed by atoms with van der Waals surface area (Å²) in [6.07, 6.45) is 4.22. The number of nitrogens with two attached hydrogens (primary N) is 1. The Bertz CT molecular complexity index is 583. The molecular weight excluding hydrogens is 284 g/mol. The number of nitrogens with one attached hydrogen (secondary N) is 1. The molecule has 0 radical (unpaired) electrons. The van der Waals surface area contributed by atoms with Gasteiger partial charge in [0.15, 0.2) is 5.69 Å². The quantitative estimate of drug-likeness (QED) is 0.832. The van der Waals surface area contributed by atoms with Gasteiger partial charge in [-0.1, -0.05) is 5.16 Å². The summed E-state index contributed by atoms with van der Waals surface area (Å²) in [5.41, 5.74) is 7.23. The predicted molar refractivity (Wildman–Crippen MR) is 79.2 cm³/mol. The van der Waals surface area contributed by atoms with E-state index in [0.717, 1.165) is 37.0 Å². The Labute approximate surface area is 129 Å². The number of hydrogen-bond donors (Lipinski definition) is 2. The number of rotatable bonds is 3. The Morgan fingerprint density at radius 3 is 2.95 bits per heavy atom. The van der Waals surface area contributed by atoms with Crippen LogP contribution in [0.3, 0.4) is 0 Å². The molecule has 0 saturated carbocycles. The number of aryl methyl sites for hydroxylation is 1. The summed E-state index contributed by atoms with van der Waals surface area (Å²) >= 11 is 0. The zero-order valence-electron chi connectivity index (χ0n) is 12.8. The SMILES string of the molecule is CCNC(=O)[C@@H]1C[C@@H](N)CN1C(=O)c1noc2c1CCCC2. The molecule has 1 aromatic rings. The number of likely N-dealkylation sites (tertiary alicyclic amines) is 1. The van der Waals surface area contributed by atoms with Gasteiger partial charge in [-0.05, 0) is 32.6 Å². The van der Waals surface area contributed by atoms with Gasteiger partial charge in [-0.3, -0.25) is 9.59 Å². The van der Waals surface area contributed by atoms with Crippen molar-refractivity contribution in [1.29, 1.82) is 0 Å². The van der Waals surface area contributed by atoms with Gasteiger partial charge in [0.25, 0.3) is 5.91 Å². The molecule has 7 heteroatoms. The second-order valence-corrected chi connectivity index (χ2v) is 6.00. The van der Waals surface area contributed by atoms with Crippen LogP contribution in [0.25, 0.3) is 0 Å². The van der Waals surface area contributed by atoms with Gasteiger partial charge in [0, 0.05) is 31.1 Å². The van der Waals surface area contributed by atoms with E-state index in [0.29, 0.717) is 25.2 Å². The summed E-state index contributed by atoms with van der Waals surface area (Å²) in [6, 6.07) is -0.697. The molecule has 2 atom stereocenters. The van der Waals surface area contributed by atoms with Crippen LogP contribution in [0.15, 0.2) is 4.52 Å². The van der Waals surface area contributed by atoms with Crippen molar-refractivity contribution in [3.05, 3.63) is 17.0 Å². The number of carbonyl (C=O) groups excluding carboxylic acids is 2. The maximum Gasteiger partial charge on any atom is 0.277 e. The highest BCUT2D eigenvalue weighted by Gasteiger charge is 2.40. The van der Waals surface area contributed by atoms with Crippen molar-refractivity contribution in [2.75, 3.05) is 13.1 Å². The van der Waals surface area contributed by atoms with Gasteiger partial charge >= 0.3 is 0 Å². The highest BCUT2D eigenvalue weighted by Crippen LogP contribution is 2.27. The second-order valence-electron chi connectivity index (χ2n) is 6.00. The highest BCUT2D eigenvalue weighted by molar-refractivity contribution is 5.97. The molecule has 1 aliphatic carbocycles. The fraction of sp³-hybridized carbons (Fsp3) is 0.667. The summed E-state index contributed by atoms with van der Waals surface area (Å²) in [6.45, 7) is 2.77. The van der Waals surface area contributed by atoms with E-state index < -0.39 is 6.04 Å². The van der Waals surface area contributed by atoms with Crippen LogP contribution in [0.5, 0.6) is 0 Å². The molecule has 0 spiro atoms. The average Bonchev–Trinajstić information content (AvgIpc) is 3.10. The molecule has 22 heavy (non-hydrogen) atoms. The standard InChI is InChI=1S/C15H22N4O3/c1-2-17-14(20)11-7-9(16)8-19(11)15(21)13-10-5-3-4-6-12(10)22-18-13/h9,11H,2-8,16H2,1H3,(H,17,20)/t9-,11+/m1/s1. The number of nitrogens with zero attached hydrogens (tertiary/aromatic N) is 2. The molecule has 1 aromatic heterocycles. The van der Waals surface area contributed by atoms with Crippen molar-refractivity contribution in [2.45, 2.75) is 51.1 Å². The molecule has 3 N–H and O–H groups in total. The van der Waals surface area contributed by atoms with Crippen LogP contribution in [0.4, 0.5) is 0 Å². The third-order valence-electron chi connectivity index (χ3n) is 4.40. The van der Waals surface area contributed by atoms with Crippen molar-refractivity contribution in [3.63, 3.8) is 0 Å². The Morgan fingerprint density at radius 2 is 2.18 bits per heavy atom. The molecule has 120 valence electrons. The van der Waals surface area contributed by atoms with Crippen LogP contribution in [-0.4, -0.2) is 47.0 Å². The summed E-state index contributed by atoms with van der Waals surface area (Å²) < 4.78 is 5.31. The van der Waals surface area contributed by atoms with E-state index in [9.17, 15) is 9.59 Å². The minimum Gasteiger partial charge on any atom is -0.360 e. The molecule has 7 nitrogen and oxygen atoms in total. The zero-order chi connectivity index (χ0) is 15.7. The van der Waals surface area contributed by atoms with Crippen LogP contribution in [0.1, 0.15) is 48.0 Å². The van der Waals surface area contributed by atoms with Gasteiger partial charge in [0.2, 0.25) is 5.91 Å². The summed E-state index contributed by atoms with van der Waals surface area (Å²) in [4.78, 5) is 26.5. The van der Waals surface area contributed by atoms with Crippen LogP contribution >= 0.6 is 0 Å². The van der Waals surface area contributed by atoms with Crippen molar-refractivity contribution < 1.29 is 14.1 Å². The third-order valence-corrected chi connectivity index (χ3v) is 4.40. The number of hydrogen-bond acceptors (Lipinski definition) is 5. The van der Waals surface area contributed by atoms with Crippen molar-refractivity contribution in [2.24, 2.45) is 5.73 Å². The number of carbonyl (C=O) groups is 2. The number of likely N-dealkylation sites (N-methyl/N-ethyl adjacent to an activating group) is 1. The maximum atomic E-state index is 12.8. The van der Waals surface area contributed by atoms with E-state index in [-0.39, 0.29) is 17.9 Å². The van der Waals surface area contributed by atoms with Gasteiger partial charge in [-0.25, -0.2) is 0 Å². The molecule has 2 amide bonds. The fourth-order valence-corrected chi connectivity index (χ4v) is 3.32. The van der Waals surface area contributed by atoms with Crippen molar-refractivity contribution in [1.82, 2.24) is 15.4 Å². The summed E-state index contributed by atoms with van der Waals surface area (Å²) in [7, 11) is 0. The van der Waals surface area contributed by atoms with E-state index in [1.807, 2.05) is 6.92 Å². The van der Waals surface area contributed by atoms with Crippen LogP contribution in [0, 0.1) is 0 Å². The van der Waals surface area contributed by atoms with Crippen LogP contribution in [0.2, 0.25) is 0 Å². The number of amides is 2. The lowest BCUT2D eigenvalue weighted by atomic mass is 9.96. The molecule has 1 saturated heterocycles. The van der Waals surface area contributed by atoms with Gasteiger partial charge in [0.05, 0.1) is 0 Å². The van der Waals surface area contributed by atoms with E-state index in [1.54, 1.807) is 4.90 Å². The lowest BCUT2D eigenvalue weighted by Gasteiger charge is -2.23. The second kappa shape index (κ2) is 6.08. The number of aromatic nitrogens is 1. The first-order chi connectivity index (χ1) is 10.6. The topological polar surface area (TPSA) is 101 Å². The largest absolute Gasteiger partial charge is 0.360 e. The third kappa shape index (κ3) is 2.61. The molecule has 0 aromatic carbocycles. The monoisotopic (exact) mass is 306 g/mol. The van der Waals surface area contributed by atoms with Gasteiger partial charge in [-0.2, -0.15) is 0 Å². The van der Waals surface area contributed by atoms with Gasteiger partial charge < -0.3 is 20.5 Å². The first-order valence-corrected chi connectivity index (χ1v) is 7.93. The first kappa shape index (κ1) is 15.0. The Morgan fingerprint density at radius 1 is 1.41 bits per heavy atom. The van der Waals surface area contributed by atoms with Crippen LogP contribution in [-0.2, 0) is 17.6 Å². The fourth-order valence-electron chi connectivity index (χ4n) is 3.32. The van der Waals surface area contributed by atoms with Crippen molar-refractivity contribution >= 4 is 11.8 Å². The Kier molecular flexibility index (Phi) is 4.15. The van der Waals surface area contributed by atoms with E-state index in [4.69, 9.17) is 10.3 Å². The van der Waals surface area contributed by atoms with E-state index in [1.165, 1.54) is 0 Å².